The van der Waals surface area contributed by atoms with Crippen LogP contribution in [0.25, 0.3) is 0 Å². The molecular weight excluding hydrogens is 162 g/mol. The summed E-state index contributed by atoms with van der Waals surface area (Å²) in [5.74, 6) is 1.12. The van der Waals surface area contributed by atoms with Crippen LogP contribution in [0.15, 0.2) is 0 Å². The molecule has 1 aliphatic rings. The van der Waals surface area contributed by atoms with Crippen LogP contribution in [0.4, 0.5) is 0 Å². The molecule has 0 aromatic carbocycles. The Labute approximate surface area is 81.3 Å². The molecule has 0 aromatic rings. The fraction of sp³-hybridized carbons (Fsp3) is 0.909. The van der Waals surface area contributed by atoms with Gasteiger partial charge in [0.1, 0.15) is 0 Å². The molecule has 0 radical (unpaired) electrons. The molecule has 2 heteroatoms. The molecule has 1 amide bonds. The van der Waals surface area contributed by atoms with Gasteiger partial charge in [-0.05, 0) is 5.92 Å². The molecule has 0 bridgehead atoms. The van der Waals surface area contributed by atoms with E-state index in [9.17, 15) is 4.79 Å². The lowest BCUT2D eigenvalue weighted by molar-refractivity contribution is -0.148. The van der Waals surface area contributed by atoms with Gasteiger partial charge in [-0.1, -0.05) is 34.6 Å². The number of likely N-dealkylation sites (tertiary alicyclic amines) is 1. The molecule has 0 aromatic heterocycles. The van der Waals surface area contributed by atoms with Gasteiger partial charge in [0.2, 0.25) is 5.91 Å². The summed E-state index contributed by atoms with van der Waals surface area (Å²) in [7, 11) is 0. The van der Waals surface area contributed by atoms with E-state index < -0.39 is 0 Å². The summed E-state index contributed by atoms with van der Waals surface area (Å²) in [5, 5.41) is 0. The van der Waals surface area contributed by atoms with E-state index in [1.54, 1.807) is 0 Å². The van der Waals surface area contributed by atoms with Crippen LogP contribution in [0.2, 0.25) is 0 Å². The maximum atomic E-state index is 11.6. The molecule has 1 fully saturated rings. The molecule has 0 N–H and O–H groups in total. The van der Waals surface area contributed by atoms with Crippen LogP contribution in [0.1, 0.15) is 34.6 Å². The van der Waals surface area contributed by atoms with Crippen molar-refractivity contribution in [1.29, 1.82) is 0 Å². The smallest absolute Gasteiger partial charge is 0.225 e. The van der Waals surface area contributed by atoms with Gasteiger partial charge in [0.15, 0.2) is 0 Å². The predicted octanol–water partition coefficient (Wildman–Crippen LogP) is 2.15. The minimum atomic E-state index is 0.150. The van der Waals surface area contributed by atoms with Crippen molar-refractivity contribution < 1.29 is 4.79 Å². The first-order valence-corrected chi connectivity index (χ1v) is 5.15. The van der Waals surface area contributed by atoms with Gasteiger partial charge in [-0.15, -0.1) is 0 Å². The van der Waals surface area contributed by atoms with Crippen LogP contribution in [-0.2, 0) is 4.79 Å². The minimum Gasteiger partial charge on any atom is -0.341 e. The number of carbonyl (C=O) groups excluding carboxylic acids is 1. The van der Waals surface area contributed by atoms with Crippen LogP contribution in [0, 0.1) is 17.3 Å². The molecule has 76 valence electrons. The number of nitrogens with zero attached hydrogens (tertiary/aromatic N) is 1. The summed E-state index contributed by atoms with van der Waals surface area (Å²) in [4.78, 5) is 13.5. The Kier molecular flexibility index (Phi) is 2.69. The van der Waals surface area contributed by atoms with E-state index >= 15 is 0 Å². The summed E-state index contributed by atoms with van der Waals surface area (Å²) in [6.07, 6.45) is 0. The maximum Gasteiger partial charge on any atom is 0.225 e. The van der Waals surface area contributed by atoms with E-state index in [1.807, 2.05) is 18.7 Å². The lowest BCUT2D eigenvalue weighted by atomic mass is 9.72. The topological polar surface area (TPSA) is 20.3 Å². The second kappa shape index (κ2) is 3.32. The third-order valence-electron chi connectivity index (χ3n) is 3.30. The third-order valence-corrected chi connectivity index (χ3v) is 3.30. The summed E-state index contributed by atoms with van der Waals surface area (Å²) < 4.78 is 0. The van der Waals surface area contributed by atoms with E-state index in [0.29, 0.717) is 17.2 Å². The Morgan fingerprint density at radius 1 is 1.23 bits per heavy atom. The molecule has 0 spiro atoms. The zero-order chi connectivity index (χ0) is 10.2. The normalized spacial score (nSPS) is 20.7. The number of rotatable bonds is 2. The van der Waals surface area contributed by atoms with Gasteiger partial charge in [0.05, 0.1) is 0 Å². The molecule has 0 saturated carbocycles. The van der Waals surface area contributed by atoms with E-state index in [0.717, 1.165) is 13.1 Å². The van der Waals surface area contributed by atoms with Crippen molar-refractivity contribution in [1.82, 2.24) is 4.90 Å². The Morgan fingerprint density at radius 3 is 2.00 bits per heavy atom. The second-order valence-electron chi connectivity index (χ2n) is 5.16. The molecule has 1 rings (SSSR count). The molecular formula is C11H21NO. The largest absolute Gasteiger partial charge is 0.341 e. The summed E-state index contributed by atoms with van der Waals surface area (Å²) >= 11 is 0. The lowest BCUT2D eigenvalue weighted by Crippen LogP contribution is -2.60. The minimum absolute atomic E-state index is 0.150. The highest BCUT2D eigenvalue weighted by atomic mass is 16.2. The van der Waals surface area contributed by atoms with Crippen molar-refractivity contribution in [2.24, 2.45) is 17.3 Å². The molecule has 0 atom stereocenters. The summed E-state index contributed by atoms with van der Waals surface area (Å²) in [6, 6.07) is 0. The van der Waals surface area contributed by atoms with E-state index in [-0.39, 0.29) is 5.92 Å². The third kappa shape index (κ3) is 1.87. The first-order valence-electron chi connectivity index (χ1n) is 5.15. The predicted molar refractivity (Wildman–Crippen MR) is 54.4 cm³/mol. The number of carbonyl (C=O) groups is 1. The SMILES string of the molecule is CC(C)C(=O)N1CC(C)(C(C)C)C1. The van der Waals surface area contributed by atoms with Crippen molar-refractivity contribution in [3.63, 3.8) is 0 Å². The Balaban J connectivity index is 2.45. The standard InChI is InChI=1S/C11H21NO/c1-8(2)10(13)12-6-11(5,7-12)9(3)4/h8-9H,6-7H2,1-5H3. The maximum absolute atomic E-state index is 11.6. The van der Waals surface area contributed by atoms with Crippen LogP contribution in [0.3, 0.4) is 0 Å². The molecule has 1 aliphatic heterocycles. The number of hydrogen-bond donors (Lipinski definition) is 0. The van der Waals surface area contributed by atoms with Gasteiger partial charge in [0, 0.05) is 24.4 Å². The first-order chi connectivity index (χ1) is 5.87. The fourth-order valence-electron chi connectivity index (χ4n) is 1.71. The van der Waals surface area contributed by atoms with Crippen LogP contribution in [-0.4, -0.2) is 23.9 Å². The van der Waals surface area contributed by atoms with Crippen molar-refractivity contribution in [3.8, 4) is 0 Å². The Morgan fingerprint density at radius 2 is 1.69 bits per heavy atom. The zero-order valence-electron chi connectivity index (χ0n) is 9.42. The van der Waals surface area contributed by atoms with E-state index in [2.05, 4.69) is 20.8 Å². The molecule has 1 heterocycles. The van der Waals surface area contributed by atoms with Crippen molar-refractivity contribution in [2.75, 3.05) is 13.1 Å². The second-order valence-corrected chi connectivity index (χ2v) is 5.16. The lowest BCUT2D eigenvalue weighted by Gasteiger charge is -2.51. The van der Waals surface area contributed by atoms with Gasteiger partial charge in [0.25, 0.3) is 0 Å². The van der Waals surface area contributed by atoms with Crippen LogP contribution in [0.5, 0.6) is 0 Å². The molecule has 2 nitrogen and oxygen atoms in total. The summed E-state index contributed by atoms with van der Waals surface area (Å²) in [5.41, 5.74) is 0.366. The van der Waals surface area contributed by atoms with Crippen LogP contribution < -0.4 is 0 Å². The highest BCUT2D eigenvalue weighted by Crippen LogP contribution is 2.37. The van der Waals surface area contributed by atoms with E-state index in [1.165, 1.54) is 0 Å². The Hall–Kier alpha value is -0.530. The van der Waals surface area contributed by atoms with Crippen LogP contribution >= 0.6 is 0 Å². The number of hydrogen-bond acceptors (Lipinski definition) is 1. The zero-order valence-corrected chi connectivity index (χ0v) is 9.42. The van der Waals surface area contributed by atoms with Gasteiger partial charge in [-0.3, -0.25) is 4.79 Å². The monoisotopic (exact) mass is 183 g/mol. The summed E-state index contributed by atoms with van der Waals surface area (Å²) in [6.45, 7) is 12.6. The van der Waals surface area contributed by atoms with Gasteiger partial charge >= 0.3 is 0 Å². The average molecular weight is 183 g/mol. The first kappa shape index (κ1) is 10.6. The Bertz CT molecular complexity index is 202. The van der Waals surface area contributed by atoms with Gasteiger partial charge in [-0.2, -0.15) is 0 Å². The average Bonchev–Trinajstić information content (AvgIpc) is 1.96. The quantitative estimate of drug-likeness (QED) is 0.642. The van der Waals surface area contributed by atoms with Crippen molar-refractivity contribution in [3.05, 3.63) is 0 Å². The van der Waals surface area contributed by atoms with E-state index in [4.69, 9.17) is 0 Å². The fourth-order valence-corrected chi connectivity index (χ4v) is 1.71. The number of amides is 1. The molecule has 0 aliphatic carbocycles. The van der Waals surface area contributed by atoms with Crippen molar-refractivity contribution >= 4 is 5.91 Å². The highest BCUT2D eigenvalue weighted by molar-refractivity contribution is 5.79. The molecule has 13 heavy (non-hydrogen) atoms. The van der Waals surface area contributed by atoms with Crippen molar-refractivity contribution in [2.45, 2.75) is 34.6 Å². The van der Waals surface area contributed by atoms with Gasteiger partial charge in [-0.25, -0.2) is 0 Å². The molecule has 0 unspecified atom stereocenters. The molecule has 1 saturated heterocycles. The highest BCUT2D eigenvalue weighted by Gasteiger charge is 2.43. The van der Waals surface area contributed by atoms with Gasteiger partial charge < -0.3 is 4.90 Å².